The first-order chi connectivity index (χ1) is 6.54. The maximum Gasteiger partial charge on any atom is 0.167 e. The number of nitrogens with zero attached hydrogens (tertiary/aromatic N) is 1. The molecule has 0 saturated carbocycles. The Morgan fingerprint density at radius 3 is 2.79 bits per heavy atom. The minimum atomic E-state index is 0.313. The normalized spacial score (nSPS) is 12.2. The molecule has 0 N–H and O–H groups in total. The Morgan fingerprint density at radius 2 is 2.07 bits per heavy atom. The first-order valence-electron chi connectivity index (χ1n) is 4.88. The van der Waals surface area contributed by atoms with Gasteiger partial charge < -0.3 is 4.52 Å². The van der Waals surface area contributed by atoms with Crippen molar-refractivity contribution in [3.63, 3.8) is 0 Å². The molecule has 14 heavy (non-hydrogen) atoms. The summed E-state index contributed by atoms with van der Waals surface area (Å²) in [4.78, 5) is 0. The number of hydrogen-bond acceptors (Lipinski definition) is 2. The third-order valence-corrected chi connectivity index (χ3v) is 2.16. The van der Waals surface area contributed by atoms with E-state index in [4.69, 9.17) is 4.52 Å². The van der Waals surface area contributed by atoms with Crippen molar-refractivity contribution in [3.8, 4) is 0 Å². The van der Waals surface area contributed by atoms with Crippen molar-refractivity contribution in [2.45, 2.75) is 27.2 Å². The zero-order valence-electron chi connectivity index (χ0n) is 8.87. The molecule has 2 rings (SSSR count). The smallest absolute Gasteiger partial charge is 0.167 e. The predicted octanol–water partition coefficient (Wildman–Crippen LogP) is 3.42. The maximum atomic E-state index is 5.12. The van der Waals surface area contributed by atoms with E-state index in [0.29, 0.717) is 5.41 Å². The van der Waals surface area contributed by atoms with Gasteiger partial charge in [0.25, 0.3) is 0 Å². The molecule has 0 atom stereocenters. The molecule has 0 amide bonds. The second-order valence-electron chi connectivity index (χ2n) is 4.94. The van der Waals surface area contributed by atoms with E-state index < -0.39 is 0 Å². The van der Waals surface area contributed by atoms with E-state index in [1.165, 1.54) is 5.56 Å². The second kappa shape index (κ2) is 3.12. The van der Waals surface area contributed by atoms with Crippen molar-refractivity contribution in [2.75, 3.05) is 0 Å². The average molecular weight is 189 g/mol. The summed E-state index contributed by atoms with van der Waals surface area (Å²) >= 11 is 0. The number of benzene rings is 1. The van der Waals surface area contributed by atoms with Gasteiger partial charge in [-0.25, -0.2) is 0 Å². The van der Waals surface area contributed by atoms with Gasteiger partial charge >= 0.3 is 0 Å². The average Bonchev–Trinajstić information content (AvgIpc) is 2.47. The molecule has 0 bridgehead atoms. The highest BCUT2D eigenvalue weighted by Crippen LogP contribution is 2.23. The van der Waals surface area contributed by atoms with Gasteiger partial charge in [0, 0.05) is 5.39 Å². The molecule has 0 aliphatic rings. The summed E-state index contributed by atoms with van der Waals surface area (Å²) in [6.07, 6.45) is 2.81. The van der Waals surface area contributed by atoms with E-state index in [0.717, 1.165) is 17.4 Å². The van der Waals surface area contributed by atoms with Crippen LogP contribution in [0.1, 0.15) is 26.3 Å². The van der Waals surface area contributed by atoms with Crippen LogP contribution in [0.3, 0.4) is 0 Å². The summed E-state index contributed by atoms with van der Waals surface area (Å²) in [7, 11) is 0. The van der Waals surface area contributed by atoms with Crippen molar-refractivity contribution in [2.24, 2.45) is 5.41 Å². The monoisotopic (exact) mass is 189 g/mol. The first-order valence-corrected chi connectivity index (χ1v) is 4.88. The second-order valence-corrected chi connectivity index (χ2v) is 4.94. The third kappa shape index (κ3) is 1.95. The van der Waals surface area contributed by atoms with E-state index >= 15 is 0 Å². The minimum Gasteiger partial charge on any atom is -0.356 e. The molecule has 1 aromatic carbocycles. The van der Waals surface area contributed by atoms with Crippen LogP contribution >= 0.6 is 0 Å². The molecule has 2 nitrogen and oxygen atoms in total. The predicted molar refractivity (Wildman–Crippen MR) is 57.2 cm³/mol. The van der Waals surface area contributed by atoms with Gasteiger partial charge in [-0.3, -0.25) is 0 Å². The van der Waals surface area contributed by atoms with Gasteiger partial charge in [-0.15, -0.1) is 0 Å². The van der Waals surface area contributed by atoms with Crippen LogP contribution in [0.15, 0.2) is 28.9 Å². The highest BCUT2D eigenvalue weighted by Gasteiger charge is 2.11. The Hall–Kier alpha value is -1.31. The van der Waals surface area contributed by atoms with Gasteiger partial charge in [0.1, 0.15) is 0 Å². The van der Waals surface area contributed by atoms with Gasteiger partial charge in [0.15, 0.2) is 5.58 Å². The van der Waals surface area contributed by atoms with Crippen molar-refractivity contribution < 1.29 is 4.52 Å². The van der Waals surface area contributed by atoms with Crippen LogP contribution in [0.4, 0.5) is 0 Å². The van der Waals surface area contributed by atoms with Crippen molar-refractivity contribution in [1.82, 2.24) is 5.16 Å². The number of fused-ring (bicyclic) bond motifs is 1. The molecule has 0 fully saturated rings. The van der Waals surface area contributed by atoms with Crippen LogP contribution in [0.5, 0.6) is 0 Å². The molecule has 0 unspecified atom stereocenters. The van der Waals surface area contributed by atoms with Crippen LogP contribution in [-0.2, 0) is 6.42 Å². The Bertz CT molecular complexity index is 437. The fourth-order valence-electron chi connectivity index (χ4n) is 1.63. The Morgan fingerprint density at radius 1 is 1.29 bits per heavy atom. The van der Waals surface area contributed by atoms with E-state index in [2.05, 4.69) is 44.1 Å². The molecule has 1 aromatic heterocycles. The molecule has 74 valence electrons. The summed E-state index contributed by atoms with van der Waals surface area (Å²) in [5, 5.41) is 4.84. The largest absolute Gasteiger partial charge is 0.356 e. The van der Waals surface area contributed by atoms with Crippen molar-refractivity contribution in [1.29, 1.82) is 0 Å². The van der Waals surface area contributed by atoms with Gasteiger partial charge in [-0.2, -0.15) is 0 Å². The molecule has 0 aliphatic carbocycles. The minimum absolute atomic E-state index is 0.313. The Kier molecular flexibility index (Phi) is 2.06. The van der Waals surface area contributed by atoms with Crippen LogP contribution in [0.25, 0.3) is 11.0 Å². The summed E-state index contributed by atoms with van der Waals surface area (Å²) in [5.41, 5.74) is 2.50. The van der Waals surface area contributed by atoms with Gasteiger partial charge in [-0.05, 0) is 29.5 Å². The quantitative estimate of drug-likeness (QED) is 0.687. The van der Waals surface area contributed by atoms with Gasteiger partial charge in [0.05, 0.1) is 6.20 Å². The fraction of sp³-hybridized carbons (Fsp3) is 0.417. The molecular weight excluding hydrogens is 174 g/mol. The van der Waals surface area contributed by atoms with Gasteiger partial charge in [-0.1, -0.05) is 32.0 Å². The molecule has 2 aromatic rings. The summed E-state index contributed by atoms with van der Waals surface area (Å²) in [6, 6.07) is 6.28. The van der Waals surface area contributed by atoms with Gasteiger partial charge in [0.2, 0.25) is 0 Å². The SMILES string of the molecule is CC(C)(C)Cc1ccc2cnoc2c1. The first kappa shape index (κ1) is 9.25. The molecular formula is C12H15NO. The topological polar surface area (TPSA) is 26.0 Å². The lowest BCUT2D eigenvalue weighted by atomic mass is 9.88. The number of hydrogen-bond donors (Lipinski definition) is 0. The highest BCUT2D eigenvalue weighted by atomic mass is 16.5. The van der Waals surface area contributed by atoms with Crippen LogP contribution in [0, 0.1) is 5.41 Å². The number of aromatic nitrogens is 1. The van der Waals surface area contributed by atoms with E-state index in [9.17, 15) is 0 Å². The van der Waals surface area contributed by atoms with Crippen LogP contribution in [-0.4, -0.2) is 5.16 Å². The standard InChI is InChI=1S/C12H15NO/c1-12(2,3)7-9-4-5-10-8-13-14-11(10)6-9/h4-6,8H,7H2,1-3H3. The lowest BCUT2D eigenvalue weighted by Crippen LogP contribution is -2.08. The zero-order valence-corrected chi connectivity index (χ0v) is 8.87. The molecule has 1 heterocycles. The van der Waals surface area contributed by atoms with Crippen LogP contribution in [0.2, 0.25) is 0 Å². The lowest BCUT2D eigenvalue weighted by Gasteiger charge is -2.17. The maximum absolute atomic E-state index is 5.12. The van der Waals surface area contributed by atoms with Crippen molar-refractivity contribution in [3.05, 3.63) is 30.0 Å². The third-order valence-electron chi connectivity index (χ3n) is 2.16. The van der Waals surface area contributed by atoms with Crippen molar-refractivity contribution >= 4 is 11.0 Å². The molecule has 0 aliphatic heterocycles. The molecule has 0 radical (unpaired) electrons. The van der Waals surface area contributed by atoms with E-state index in [1.807, 2.05) is 0 Å². The van der Waals surface area contributed by atoms with E-state index in [1.54, 1.807) is 6.20 Å². The number of rotatable bonds is 1. The summed E-state index contributed by atoms with van der Waals surface area (Å²) < 4.78 is 5.12. The van der Waals surface area contributed by atoms with E-state index in [-0.39, 0.29) is 0 Å². The lowest BCUT2D eigenvalue weighted by molar-refractivity contribution is 0.410. The Balaban J connectivity index is 2.35. The molecule has 2 heteroatoms. The summed E-state index contributed by atoms with van der Waals surface area (Å²) in [6.45, 7) is 6.70. The fourth-order valence-corrected chi connectivity index (χ4v) is 1.63. The highest BCUT2D eigenvalue weighted by molar-refractivity contribution is 5.76. The zero-order chi connectivity index (χ0) is 10.2. The molecule has 0 saturated heterocycles. The summed E-state index contributed by atoms with van der Waals surface area (Å²) in [5.74, 6) is 0. The Labute approximate surface area is 83.9 Å². The molecule has 0 spiro atoms. The van der Waals surface area contributed by atoms with Crippen LogP contribution < -0.4 is 0 Å².